The molecule has 11 heteroatoms. The van der Waals surface area contributed by atoms with Crippen LogP contribution in [0.3, 0.4) is 0 Å². The molecule has 1 saturated carbocycles. The topological polar surface area (TPSA) is 135 Å². The van der Waals surface area contributed by atoms with Gasteiger partial charge in [0, 0.05) is 25.2 Å². The number of tetrazole rings is 1. The Kier molecular flexibility index (Phi) is 9.68. The Morgan fingerprint density at radius 2 is 1.74 bits per heavy atom. The van der Waals surface area contributed by atoms with Gasteiger partial charge in [-0.3, -0.25) is 0 Å². The van der Waals surface area contributed by atoms with Gasteiger partial charge in [0.25, 0.3) is 0 Å². The lowest BCUT2D eigenvalue weighted by atomic mass is 9.95. The number of rotatable bonds is 13. The van der Waals surface area contributed by atoms with E-state index in [-0.39, 0.29) is 0 Å². The lowest BCUT2D eigenvalue weighted by molar-refractivity contribution is 0.370. The van der Waals surface area contributed by atoms with Gasteiger partial charge < -0.3 is 26.6 Å². The fourth-order valence-electron chi connectivity index (χ4n) is 4.71. The first-order chi connectivity index (χ1) is 16.8. The summed E-state index contributed by atoms with van der Waals surface area (Å²) in [5.74, 6) is 2.46. The first-order valence-corrected chi connectivity index (χ1v) is 13.1. The standard InChI is InChI=1S/C23H41N11/c24-20-17-22(33-14-5-2-6-15-33)29-23(28-20)27-18-21-30-32-34(31-21)16-8-12-25-11-7-13-26-19-9-3-1-4-10-19/h17,19,25-26H,1-16,18H2,(H3,24,27,28,29). The molecule has 1 aliphatic heterocycles. The molecule has 0 spiro atoms. The molecule has 0 unspecified atom stereocenters. The highest BCUT2D eigenvalue weighted by Crippen LogP contribution is 2.21. The SMILES string of the molecule is Nc1cc(N2CCCCC2)nc(NCc2nnn(CCCNCCCNC3CCCCC3)n2)n1. The maximum absolute atomic E-state index is 6.00. The van der Waals surface area contributed by atoms with Crippen molar-refractivity contribution in [3.8, 4) is 0 Å². The number of piperidine rings is 1. The molecule has 0 aromatic carbocycles. The Bertz CT molecular complexity index is 843. The third-order valence-corrected chi connectivity index (χ3v) is 6.59. The maximum Gasteiger partial charge on any atom is 0.226 e. The molecule has 34 heavy (non-hydrogen) atoms. The van der Waals surface area contributed by atoms with Crippen LogP contribution in [0.5, 0.6) is 0 Å². The van der Waals surface area contributed by atoms with Crippen molar-refractivity contribution in [2.24, 2.45) is 0 Å². The Morgan fingerprint density at radius 1 is 0.941 bits per heavy atom. The summed E-state index contributed by atoms with van der Waals surface area (Å²) in [6, 6.07) is 2.59. The predicted octanol–water partition coefficient (Wildman–Crippen LogP) is 1.94. The van der Waals surface area contributed by atoms with E-state index in [1.54, 1.807) is 4.80 Å². The van der Waals surface area contributed by atoms with Crippen molar-refractivity contribution in [3.05, 3.63) is 11.9 Å². The molecule has 1 aliphatic carbocycles. The molecular weight excluding hydrogens is 430 g/mol. The first-order valence-electron chi connectivity index (χ1n) is 13.1. The Morgan fingerprint density at radius 3 is 2.59 bits per heavy atom. The molecule has 188 valence electrons. The average Bonchev–Trinajstić information content (AvgIpc) is 3.33. The molecule has 0 radical (unpaired) electrons. The van der Waals surface area contributed by atoms with Crippen LogP contribution in [0.1, 0.15) is 70.0 Å². The van der Waals surface area contributed by atoms with E-state index in [0.717, 1.165) is 57.5 Å². The molecule has 2 aliphatic rings. The number of nitrogens with zero attached hydrogens (tertiary/aromatic N) is 7. The third kappa shape index (κ3) is 8.05. The van der Waals surface area contributed by atoms with Gasteiger partial charge in [-0.1, -0.05) is 19.3 Å². The fraction of sp³-hybridized carbons (Fsp3) is 0.783. The lowest BCUT2D eigenvalue weighted by Gasteiger charge is -2.27. The number of aromatic nitrogens is 6. The quantitative estimate of drug-likeness (QED) is 0.321. The van der Waals surface area contributed by atoms with Gasteiger partial charge in [0.2, 0.25) is 5.95 Å². The highest BCUT2D eigenvalue weighted by molar-refractivity contribution is 5.51. The zero-order chi connectivity index (χ0) is 23.4. The van der Waals surface area contributed by atoms with Gasteiger partial charge in [-0.2, -0.15) is 14.8 Å². The smallest absolute Gasteiger partial charge is 0.226 e. The van der Waals surface area contributed by atoms with Crippen LogP contribution in [-0.2, 0) is 13.1 Å². The Hall–Kier alpha value is -2.53. The van der Waals surface area contributed by atoms with Crippen molar-refractivity contribution in [2.45, 2.75) is 83.3 Å². The van der Waals surface area contributed by atoms with Crippen LogP contribution < -0.4 is 26.6 Å². The van der Waals surface area contributed by atoms with Gasteiger partial charge in [0.1, 0.15) is 11.6 Å². The number of nitrogen functional groups attached to an aromatic ring is 1. The maximum atomic E-state index is 6.00. The second kappa shape index (κ2) is 13.4. The largest absolute Gasteiger partial charge is 0.383 e. The van der Waals surface area contributed by atoms with Gasteiger partial charge in [-0.25, -0.2) is 0 Å². The summed E-state index contributed by atoms with van der Waals surface area (Å²) in [6.07, 6.45) is 12.7. The van der Waals surface area contributed by atoms with Gasteiger partial charge in [-0.15, -0.1) is 10.2 Å². The van der Waals surface area contributed by atoms with Gasteiger partial charge in [0.05, 0.1) is 13.1 Å². The summed E-state index contributed by atoms with van der Waals surface area (Å²) in [5, 5.41) is 23.1. The van der Waals surface area contributed by atoms with E-state index < -0.39 is 0 Å². The summed E-state index contributed by atoms with van der Waals surface area (Å²) in [4.78, 5) is 12.8. The number of aryl methyl sites for hydroxylation is 1. The van der Waals surface area contributed by atoms with Crippen molar-refractivity contribution in [1.29, 1.82) is 0 Å². The van der Waals surface area contributed by atoms with Gasteiger partial charge >= 0.3 is 0 Å². The molecule has 2 fully saturated rings. The molecule has 2 aromatic rings. The minimum Gasteiger partial charge on any atom is -0.383 e. The first kappa shape index (κ1) is 24.6. The number of anilines is 3. The third-order valence-electron chi connectivity index (χ3n) is 6.59. The van der Waals surface area contributed by atoms with Crippen molar-refractivity contribution in [2.75, 3.05) is 48.7 Å². The second-order valence-electron chi connectivity index (χ2n) is 9.42. The van der Waals surface area contributed by atoms with Crippen molar-refractivity contribution >= 4 is 17.6 Å². The fourth-order valence-corrected chi connectivity index (χ4v) is 4.71. The number of nitrogens with two attached hydrogens (primary N) is 1. The van der Waals surface area contributed by atoms with Crippen LogP contribution >= 0.6 is 0 Å². The summed E-state index contributed by atoms with van der Waals surface area (Å²) in [6.45, 7) is 6.28. The minimum atomic E-state index is 0.412. The van der Waals surface area contributed by atoms with Crippen molar-refractivity contribution in [1.82, 2.24) is 40.8 Å². The van der Waals surface area contributed by atoms with E-state index in [4.69, 9.17) is 5.73 Å². The van der Waals surface area contributed by atoms with Gasteiger partial charge in [0.15, 0.2) is 5.82 Å². The zero-order valence-corrected chi connectivity index (χ0v) is 20.4. The van der Waals surface area contributed by atoms with Crippen molar-refractivity contribution < 1.29 is 0 Å². The molecular formula is C23H41N11. The molecule has 0 amide bonds. The van der Waals surface area contributed by atoms with E-state index in [0.29, 0.717) is 24.1 Å². The summed E-state index contributed by atoms with van der Waals surface area (Å²) in [5.41, 5.74) is 6.00. The van der Waals surface area contributed by atoms with Gasteiger partial charge in [-0.05, 0) is 69.8 Å². The highest BCUT2D eigenvalue weighted by atomic mass is 15.6. The summed E-state index contributed by atoms with van der Waals surface area (Å²) >= 11 is 0. The van der Waals surface area contributed by atoms with Crippen LogP contribution in [0.4, 0.5) is 17.6 Å². The Labute approximate surface area is 202 Å². The van der Waals surface area contributed by atoms with Crippen LogP contribution in [0.25, 0.3) is 0 Å². The van der Waals surface area contributed by atoms with Crippen molar-refractivity contribution in [3.63, 3.8) is 0 Å². The lowest BCUT2D eigenvalue weighted by Crippen LogP contribution is -2.33. The normalized spacial score (nSPS) is 17.2. The molecule has 0 atom stereocenters. The molecule has 2 aromatic heterocycles. The van der Waals surface area contributed by atoms with E-state index >= 15 is 0 Å². The zero-order valence-electron chi connectivity index (χ0n) is 20.4. The monoisotopic (exact) mass is 471 g/mol. The molecule has 3 heterocycles. The minimum absolute atomic E-state index is 0.412. The van der Waals surface area contributed by atoms with Crippen LogP contribution in [0.15, 0.2) is 6.07 Å². The summed E-state index contributed by atoms with van der Waals surface area (Å²) in [7, 11) is 0. The summed E-state index contributed by atoms with van der Waals surface area (Å²) < 4.78 is 0. The van der Waals surface area contributed by atoms with Crippen LogP contribution in [-0.4, -0.2) is 68.9 Å². The highest BCUT2D eigenvalue weighted by Gasteiger charge is 2.15. The van der Waals surface area contributed by atoms with E-state index in [1.807, 2.05) is 6.07 Å². The Balaban J connectivity index is 1.10. The van der Waals surface area contributed by atoms with E-state index in [1.165, 1.54) is 57.8 Å². The molecule has 11 nitrogen and oxygen atoms in total. The van der Waals surface area contributed by atoms with Crippen LogP contribution in [0.2, 0.25) is 0 Å². The molecule has 4 rings (SSSR count). The number of nitrogens with one attached hydrogen (secondary N) is 3. The predicted molar refractivity (Wildman–Crippen MR) is 135 cm³/mol. The second-order valence-corrected chi connectivity index (χ2v) is 9.42. The molecule has 1 saturated heterocycles. The average molecular weight is 472 g/mol. The van der Waals surface area contributed by atoms with Crippen LogP contribution in [0, 0.1) is 0 Å². The van der Waals surface area contributed by atoms with E-state index in [9.17, 15) is 0 Å². The number of hydrogen-bond acceptors (Lipinski definition) is 10. The molecule has 0 bridgehead atoms. The van der Waals surface area contributed by atoms with E-state index in [2.05, 4.69) is 46.2 Å². The molecule has 5 N–H and O–H groups in total. The number of hydrogen-bond donors (Lipinski definition) is 4.